The maximum atomic E-state index is 12.3. The molecular formula is C17H18N6O2. The van der Waals surface area contributed by atoms with Crippen molar-refractivity contribution in [1.82, 2.24) is 30.2 Å². The van der Waals surface area contributed by atoms with Gasteiger partial charge in [0.25, 0.3) is 11.8 Å². The highest BCUT2D eigenvalue weighted by Gasteiger charge is 2.25. The minimum Gasteiger partial charge on any atom is -0.349 e. The van der Waals surface area contributed by atoms with Gasteiger partial charge in [-0.15, -0.1) is 0 Å². The van der Waals surface area contributed by atoms with Crippen molar-refractivity contribution in [2.24, 2.45) is 0 Å². The summed E-state index contributed by atoms with van der Waals surface area (Å²) in [7, 11) is 0. The summed E-state index contributed by atoms with van der Waals surface area (Å²) >= 11 is 0. The van der Waals surface area contributed by atoms with Crippen molar-refractivity contribution >= 4 is 5.91 Å². The number of rotatable bonds is 5. The lowest BCUT2D eigenvalue weighted by Crippen LogP contribution is -2.25. The van der Waals surface area contributed by atoms with Gasteiger partial charge in [0.05, 0.1) is 17.5 Å². The number of hydrogen-bond donors (Lipinski definition) is 1. The number of aromatic nitrogens is 5. The molecule has 3 aromatic rings. The standard InChI is InChI=1S/C17H18N6O2/c1-3-14-21-17(25-22-14)11-6-7-18-15(8-11)23-10(2)13(9-19-23)16(24)20-12-4-5-12/h6-9,12H,3-5H2,1-2H3,(H,20,24). The monoisotopic (exact) mass is 338 g/mol. The number of nitrogens with zero attached hydrogens (tertiary/aromatic N) is 5. The molecule has 128 valence electrons. The van der Waals surface area contributed by atoms with Gasteiger partial charge in [-0.25, -0.2) is 9.67 Å². The van der Waals surface area contributed by atoms with Crippen molar-refractivity contribution < 1.29 is 9.32 Å². The van der Waals surface area contributed by atoms with E-state index in [4.69, 9.17) is 4.52 Å². The van der Waals surface area contributed by atoms with Gasteiger partial charge < -0.3 is 9.84 Å². The summed E-state index contributed by atoms with van der Waals surface area (Å²) in [4.78, 5) is 20.9. The van der Waals surface area contributed by atoms with Gasteiger partial charge in [-0.1, -0.05) is 12.1 Å². The fraction of sp³-hybridized carbons (Fsp3) is 0.353. The van der Waals surface area contributed by atoms with Gasteiger partial charge >= 0.3 is 0 Å². The average Bonchev–Trinajstić information content (AvgIpc) is 3.16. The smallest absolute Gasteiger partial charge is 0.258 e. The van der Waals surface area contributed by atoms with Crippen LogP contribution in [0.1, 0.15) is 41.6 Å². The van der Waals surface area contributed by atoms with E-state index in [0.29, 0.717) is 35.6 Å². The number of hydrogen-bond acceptors (Lipinski definition) is 6. The van der Waals surface area contributed by atoms with Gasteiger partial charge in [0.1, 0.15) is 0 Å². The Morgan fingerprint density at radius 1 is 1.44 bits per heavy atom. The lowest BCUT2D eigenvalue weighted by atomic mass is 10.2. The second kappa shape index (κ2) is 6.12. The van der Waals surface area contributed by atoms with Crippen LogP contribution >= 0.6 is 0 Å². The normalized spacial score (nSPS) is 13.8. The Bertz CT molecular complexity index is 925. The number of nitrogens with one attached hydrogen (secondary N) is 1. The lowest BCUT2D eigenvalue weighted by Gasteiger charge is -2.06. The maximum absolute atomic E-state index is 12.3. The second-order valence-electron chi connectivity index (χ2n) is 6.08. The molecule has 0 spiro atoms. The quantitative estimate of drug-likeness (QED) is 0.765. The zero-order valence-corrected chi connectivity index (χ0v) is 14.1. The predicted octanol–water partition coefficient (Wildman–Crippen LogP) is 2.08. The van der Waals surface area contributed by atoms with Crippen LogP contribution in [-0.2, 0) is 6.42 Å². The third-order valence-corrected chi connectivity index (χ3v) is 4.16. The molecule has 0 radical (unpaired) electrons. The van der Waals surface area contributed by atoms with Gasteiger partial charge in [-0.05, 0) is 31.9 Å². The van der Waals surface area contributed by atoms with E-state index in [9.17, 15) is 4.79 Å². The number of aryl methyl sites for hydroxylation is 1. The third kappa shape index (κ3) is 3.02. The zero-order valence-electron chi connectivity index (χ0n) is 14.1. The predicted molar refractivity (Wildman–Crippen MR) is 89.3 cm³/mol. The van der Waals surface area contributed by atoms with Crippen LogP contribution in [0.3, 0.4) is 0 Å². The molecule has 8 nitrogen and oxygen atoms in total. The summed E-state index contributed by atoms with van der Waals surface area (Å²) in [6.45, 7) is 3.82. The highest BCUT2D eigenvalue weighted by atomic mass is 16.5. The Morgan fingerprint density at radius 3 is 3.00 bits per heavy atom. The summed E-state index contributed by atoms with van der Waals surface area (Å²) in [5, 5.41) is 11.2. The van der Waals surface area contributed by atoms with E-state index in [-0.39, 0.29) is 5.91 Å². The van der Waals surface area contributed by atoms with E-state index in [1.807, 2.05) is 19.9 Å². The van der Waals surface area contributed by atoms with Crippen LogP contribution in [-0.4, -0.2) is 36.9 Å². The third-order valence-electron chi connectivity index (χ3n) is 4.16. The van der Waals surface area contributed by atoms with Crippen molar-refractivity contribution in [2.45, 2.75) is 39.2 Å². The summed E-state index contributed by atoms with van der Waals surface area (Å²) in [6.07, 6.45) is 6.03. The number of carbonyl (C=O) groups is 1. The van der Waals surface area contributed by atoms with Crippen LogP contribution in [0, 0.1) is 6.92 Å². The van der Waals surface area contributed by atoms with Crippen LogP contribution in [0.2, 0.25) is 0 Å². The summed E-state index contributed by atoms with van der Waals surface area (Å²) in [6, 6.07) is 3.92. The molecular weight excluding hydrogens is 320 g/mol. The zero-order chi connectivity index (χ0) is 17.4. The van der Waals surface area contributed by atoms with E-state index >= 15 is 0 Å². The molecule has 8 heteroatoms. The molecule has 1 fully saturated rings. The van der Waals surface area contributed by atoms with Crippen LogP contribution in [0.25, 0.3) is 17.3 Å². The van der Waals surface area contributed by atoms with Crippen molar-refractivity contribution in [1.29, 1.82) is 0 Å². The summed E-state index contributed by atoms with van der Waals surface area (Å²) < 4.78 is 6.92. The minimum absolute atomic E-state index is 0.0908. The van der Waals surface area contributed by atoms with Gasteiger partial charge in [-0.3, -0.25) is 4.79 Å². The Labute approximate surface area is 144 Å². The first-order valence-electron chi connectivity index (χ1n) is 8.30. The SMILES string of the molecule is CCc1noc(-c2ccnc(-n3ncc(C(=O)NC4CC4)c3C)c2)n1. The second-order valence-corrected chi connectivity index (χ2v) is 6.08. The van der Waals surface area contributed by atoms with E-state index in [0.717, 1.165) is 24.1 Å². The highest BCUT2D eigenvalue weighted by Crippen LogP contribution is 2.22. The van der Waals surface area contributed by atoms with Gasteiger partial charge in [-0.2, -0.15) is 10.1 Å². The molecule has 3 heterocycles. The summed E-state index contributed by atoms with van der Waals surface area (Å²) in [5.74, 6) is 1.60. The molecule has 0 aliphatic heterocycles. The molecule has 1 N–H and O–H groups in total. The molecule has 25 heavy (non-hydrogen) atoms. The molecule has 1 aliphatic carbocycles. The number of amides is 1. The molecule has 0 saturated heterocycles. The fourth-order valence-electron chi connectivity index (χ4n) is 2.54. The Hall–Kier alpha value is -3.03. The summed E-state index contributed by atoms with van der Waals surface area (Å²) in [5.41, 5.74) is 2.06. The molecule has 3 aromatic heterocycles. The first kappa shape index (κ1) is 15.5. The Morgan fingerprint density at radius 2 is 2.28 bits per heavy atom. The molecule has 1 saturated carbocycles. The highest BCUT2D eigenvalue weighted by molar-refractivity contribution is 5.95. The number of pyridine rings is 1. The van der Waals surface area contributed by atoms with Crippen molar-refractivity contribution in [3.8, 4) is 17.3 Å². The molecule has 0 unspecified atom stereocenters. The van der Waals surface area contributed by atoms with E-state index < -0.39 is 0 Å². The fourth-order valence-corrected chi connectivity index (χ4v) is 2.54. The molecule has 4 rings (SSSR count). The van der Waals surface area contributed by atoms with Crippen molar-refractivity contribution in [3.05, 3.63) is 41.6 Å². The largest absolute Gasteiger partial charge is 0.349 e. The molecule has 0 atom stereocenters. The molecule has 0 aromatic carbocycles. The van der Waals surface area contributed by atoms with Gasteiger partial charge in [0.15, 0.2) is 11.6 Å². The molecule has 0 bridgehead atoms. The Kier molecular flexibility index (Phi) is 3.79. The van der Waals surface area contributed by atoms with Crippen molar-refractivity contribution in [3.63, 3.8) is 0 Å². The van der Waals surface area contributed by atoms with Crippen molar-refractivity contribution in [2.75, 3.05) is 0 Å². The van der Waals surface area contributed by atoms with Crippen LogP contribution in [0.15, 0.2) is 29.0 Å². The lowest BCUT2D eigenvalue weighted by molar-refractivity contribution is 0.0950. The molecule has 1 aliphatic rings. The van der Waals surface area contributed by atoms with Crippen LogP contribution in [0.4, 0.5) is 0 Å². The van der Waals surface area contributed by atoms with E-state index in [1.165, 1.54) is 0 Å². The van der Waals surface area contributed by atoms with Crippen LogP contribution in [0.5, 0.6) is 0 Å². The Balaban J connectivity index is 1.64. The van der Waals surface area contributed by atoms with Gasteiger partial charge in [0, 0.05) is 24.2 Å². The first-order valence-corrected chi connectivity index (χ1v) is 8.30. The first-order chi connectivity index (χ1) is 12.2. The number of carbonyl (C=O) groups excluding carboxylic acids is 1. The molecule has 1 amide bonds. The van der Waals surface area contributed by atoms with E-state index in [1.54, 1.807) is 23.1 Å². The minimum atomic E-state index is -0.0908. The average molecular weight is 338 g/mol. The topological polar surface area (TPSA) is 98.7 Å². The maximum Gasteiger partial charge on any atom is 0.258 e. The van der Waals surface area contributed by atoms with Gasteiger partial charge in [0.2, 0.25) is 0 Å². The van der Waals surface area contributed by atoms with Crippen LogP contribution < -0.4 is 5.32 Å². The van der Waals surface area contributed by atoms with E-state index in [2.05, 4.69) is 25.5 Å².